The number of carbonyl (C=O) groups excluding carboxylic acids is 2. The van der Waals surface area contributed by atoms with Crippen LogP contribution in [0.2, 0.25) is 0 Å². The number of anilines is 1. The van der Waals surface area contributed by atoms with E-state index in [1.54, 1.807) is 11.8 Å². The second kappa shape index (κ2) is 6.41. The van der Waals surface area contributed by atoms with Crippen LogP contribution in [0.1, 0.15) is 6.92 Å². The van der Waals surface area contributed by atoms with Crippen LogP contribution < -0.4 is 4.90 Å². The van der Waals surface area contributed by atoms with Gasteiger partial charge in [-0.15, -0.1) is 0 Å². The second-order valence-electron chi connectivity index (χ2n) is 5.08. The first-order valence-electron chi connectivity index (χ1n) is 6.87. The van der Waals surface area contributed by atoms with Crippen LogP contribution in [-0.2, 0) is 9.59 Å². The molecule has 20 heavy (non-hydrogen) atoms. The molecule has 0 aromatic heterocycles. The Kier molecular flexibility index (Phi) is 4.61. The Hall–Kier alpha value is -2.04. The van der Waals surface area contributed by atoms with Gasteiger partial charge in [-0.2, -0.15) is 0 Å². The molecule has 0 spiro atoms. The van der Waals surface area contributed by atoms with Crippen molar-refractivity contribution in [1.82, 2.24) is 9.80 Å². The molecule has 2 rings (SSSR count). The van der Waals surface area contributed by atoms with Gasteiger partial charge in [-0.1, -0.05) is 18.2 Å². The van der Waals surface area contributed by atoms with E-state index in [1.807, 2.05) is 47.2 Å². The van der Waals surface area contributed by atoms with Crippen molar-refractivity contribution in [2.75, 3.05) is 44.7 Å². The molecule has 0 radical (unpaired) electrons. The van der Waals surface area contributed by atoms with E-state index in [4.69, 9.17) is 0 Å². The fourth-order valence-corrected chi connectivity index (χ4v) is 2.35. The average molecular weight is 275 g/mol. The van der Waals surface area contributed by atoms with Crippen LogP contribution >= 0.6 is 0 Å². The lowest BCUT2D eigenvalue weighted by Gasteiger charge is -2.35. The zero-order chi connectivity index (χ0) is 14.5. The molecule has 1 aliphatic rings. The number of piperazine rings is 1. The third kappa shape index (κ3) is 3.50. The minimum absolute atomic E-state index is 0.0819. The maximum atomic E-state index is 12.2. The fourth-order valence-electron chi connectivity index (χ4n) is 2.35. The number of nitrogens with zero attached hydrogens (tertiary/aromatic N) is 3. The lowest BCUT2D eigenvalue weighted by Crippen LogP contribution is -2.52. The second-order valence-corrected chi connectivity index (χ2v) is 5.08. The minimum atomic E-state index is 0.0819. The topological polar surface area (TPSA) is 43.9 Å². The SMILES string of the molecule is CC(=O)N1CCN(C(=O)CN(C)c2ccccc2)CC1. The first-order chi connectivity index (χ1) is 9.58. The first-order valence-corrected chi connectivity index (χ1v) is 6.87. The number of carbonyl (C=O) groups is 2. The number of hydrogen-bond acceptors (Lipinski definition) is 3. The van der Waals surface area contributed by atoms with Crippen molar-refractivity contribution >= 4 is 17.5 Å². The van der Waals surface area contributed by atoms with E-state index < -0.39 is 0 Å². The fraction of sp³-hybridized carbons (Fsp3) is 0.467. The molecule has 1 saturated heterocycles. The summed E-state index contributed by atoms with van der Waals surface area (Å²) in [5.41, 5.74) is 1.03. The van der Waals surface area contributed by atoms with Crippen molar-refractivity contribution in [3.8, 4) is 0 Å². The Morgan fingerprint density at radius 3 is 2.15 bits per heavy atom. The summed E-state index contributed by atoms with van der Waals surface area (Å²) in [6.45, 7) is 4.46. The number of rotatable bonds is 3. The van der Waals surface area contributed by atoms with Crippen molar-refractivity contribution in [2.24, 2.45) is 0 Å². The van der Waals surface area contributed by atoms with Crippen LogP contribution in [0.4, 0.5) is 5.69 Å². The molecule has 1 aliphatic heterocycles. The van der Waals surface area contributed by atoms with Crippen LogP contribution in [0.15, 0.2) is 30.3 Å². The maximum Gasteiger partial charge on any atom is 0.242 e. The molecule has 0 bridgehead atoms. The summed E-state index contributed by atoms with van der Waals surface area (Å²) in [6, 6.07) is 9.85. The molecule has 0 unspecified atom stereocenters. The summed E-state index contributed by atoms with van der Waals surface area (Å²) in [4.78, 5) is 29.1. The monoisotopic (exact) mass is 275 g/mol. The van der Waals surface area contributed by atoms with Crippen molar-refractivity contribution in [1.29, 1.82) is 0 Å². The summed E-state index contributed by atoms with van der Waals surface area (Å²) in [5, 5.41) is 0. The first kappa shape index (κ1) is 14.4. The van der Waals surface area contributed by atoms with Crippen LogP contribution in [0, 0.1) is 0 Å². The molecule has 1 aromatic rings. The molecule has 108 valence electrons. The summed E-state index contributed by atoms with van der Waals surface area (Å²) >= 11 is 0. The number of likely N-dealkylation sites (N-methyl/N-ethyl adjacent to an activating group) is 1. The Morgan fingerprint density at radius 1 is 1.05 bits per heavy atom. The normalized spacial score (nSPS) is 15.1. The highest BCUT2D eigenvalue weighted by Crippen LogP contribution is 2.11. The standard InChI is InChI=1S/C15H21N3O2/c1-13(19)17-8-10-18(11-9-17)15(20)12-16(2)14-6-4-3-5-7-14/h3-7H,8-12H2,1-2H3. The highest BCUT2D eigenvalue weighted by atomic mass is 16.2. The van der Waals surface area contributed by atoms with Crippen molar-refractivity contribution in [2.45, 2.75) is 6.92 Å². The van der Waals surface area contributed by atoms with Crippen LogP contribution in [0.25, 0.3) is 0 Å². The van der Waals surface area contributed by atoms with Crippen molar-refractivity contribution in [3.05, 3.63) is 30.3 Å². The van der Waals surface area contributed by atoms with Gasteiger partial charge in [-0.25, -0.2) is 0 Å². The summed E-state index contributed by atoms with van der Waals surface area (Å²) < 4.78 is 0. The van der Waals surface area contributed by atoms with Crippen LogP contribution in [0.3, 0.4) is 0 Å². The van der Waals surface area contributed by atoms with Crippen LogP contribution in [-0.4, -0.2) is 61.4 Å². The molecule has 1 aromatic carbocycles. The predicted octanol–water partition coefficient (Wildman–Crippen LogP) is 0.813. The molecule has 0 N–H and O–H groups in total. The zero-order valence-corrected chi connectivity index (χ0v) is 12.1. The Balaban J connectivity index is 1.85. The lowest BCUT2D eigenvalue weighted by molar-refractivity contribution is -0.137. The van der Waals surface area contributed by atoms with E-state index in [2.05, 4.69) is 0 Å². The number of para-hydroxylation sites is 1. The van der Waals surface area contributed by atoms with Gasteiger partial charge < -0.3 is 14.7 Å². The van der Waals surface area contributed by atoms with Gasteiger partial charge in [0.15, 0.2) is 0 Å². The molecule has 5 heteroatoms. The molecule has 1 heterocycles. The Labute approximate surface area is 119 Å². The third-order valence-electron chi connectivity index (χ3n) is 3.65. The van der Waals surface area contributed by atoms with Gasteiger partial charge in [-0.3, -0.25) is 9.59 Å². The van der Waals surface area contributed by atoms with Crippen molar-refractivity contribution < 1.29 is 9.59 Å². The molecular formula is C15H21N3O2. The number of hydrogen-bond donors (Lipinski definition) is 0. The molecule has 2 amide bonds. The van der Waals surface area contributed by atoms with E-state index in [0.29, 0.717) is 32.7 Å². The molecule has 0 aliphatic carbocycles. The van der Waals surface area contributed by atoms with E-state index in [9.17, 15) is 9.59 Å². The highest BCUT2D eigenvalue weighted by Gasteiger charge is 2.22. The van der Waals surface area contributed by atoms with Gasteiger partial charge in [-0.05, 0) is 12.1 Å². The summed E-state index contributed by atoms with van der Waals surface area (Å²) in [7, 11) is 1.92. The molecule has 0 saturated carbocycles. The van der Waals surface area contributed by atoms with Gasteiger partial charge in [0.05, 0.1) is 6.54 Å². The van der Waals surface area contributed by atoms with Gasteiger partial charge in [0, 0.05) is 45.8 Å². The number of benzene rings is 1. The quantitative estimate of drug-likeness (QED) is 0.820. The Morgan fingerprint density at radius 2 is 1.60 bits per heavy atom. The molecule has 5 nitrogen and oxygen atoms in total. The van der Waals surface area contributed by atoms with E-state index in [1.165, 1.54) is 0 Å². The lowest BCUT2D eigenvalue weighted by atomic mass is 10.2. The van der Waals surface area contributed by atoms with E-state index >= 15 is 0 Å². The van der Waals surface area contributed by atoms with Crippen LogP contribution in [0.5, 0.6) is 0 Å². The largest absolute Gasteiger partial charge is 0.365 e. The van der Waals surface area contributed by atoms with Crippen molar-refractivity contribution in [3.63, 3.8) is 0 Å². The van der Waals surface area contributed by atoms with Gasteiger partial charge in [0.25, 0.3) is 0 Å². The third-order valence-corrected chi connectivity index (χ3v) is 3.65. The van der Waals surface area contributed by atoms with Gasteiger partial charge >= 0.3 is 0 Å². The predicted molar refractivity (Wildman–Crippen MR) is 78.5 cm³/mol. The number of amides is 2. The molecule has 0 atom stereocenters. The van der Waals surface area contributed by atoms with Gasteiger partial charge in [0.1, 0.15) is 0 Å². The Bertz CT molecular complexity index is 467. The molecular weight excluding hydrogens is 254 g/mol. The maximum absolute atomic E-state index is 12.2. The van der Waals surface area contributed by atoms with E-state index in [0.717, 1.165) is 5.69 Å². The summed E-state index contributed by atoms with van der Waals surface area (Å²) in [5.74, 6) is 0.193. The molecule has 1 fully saturated rings. The summed E-state index contributed by atoms with van der Waals surface area (Å²) in [6.07, 6.45) is 0. The smallest absolute Gasteiger partial charge is 0.242 e. The zero-order valence-electron chi connectivity index (χ0n) is 12.1. The van der Waals surface area contributed by atoms with Gasteiger partial charge in [0.2, 0.25) is 11.8 Å². The minimum Gasteiger partial charge on any atom is -0.365 e. The van der Waals surface area contributed by atoms with E-state index in [-0.39, 0.29) is 11.8 Å². The average Bonchev–Trinajstić information content (AvgIpc) is 2.48. The highest BCUT2D eigenvalue weighted by molar-refractivity contribution is 5.82.